The number of benzene rings is 1. The van der Waals surface area contributed by atoms with Gasteiger partial charge in [-0.05, 0) is 18.9 Å². The summed E-state index contributed by atoms with van der Waals surface area (Å²) in [7, 11) is 3.10. The van der Waals surface area contributed by atoms with Gasteiger partial charge in [0.2, 0.25) is 5.91 Å². The number of hydrogen-bond donors (Lipinski definition) is 1. The van der Waals surface area contributed by atoms with Crippen LogP contribution in [0.2, 0.25) is 0 Å². The first-order valence-electron chi connectivity index (χ1n) is 8.29. The molecule has 1 amide bonds. The number of carbonyl (C=O) groups is 2. The highest BCUT2D eigenvalue weighted by Gasteiger charge is 2.43. The minimum Gasteiger partial charge on any atom is -0.493 e. The Morgan fingerprint density at radius 3 is 2.46 bits per heavy atom. The first-order chi connectivity index (χ1) is 11.6. The molecule has 24 heavy (non-hydrogen) atoms. The van der Waals surface area contributed by atoms with Gasteiger partial charge in [0, 0.05) is 30.5 Å². The van der Waals surface area contributed by atoms with E-state index < -0.39 is 11.9 Å². The average molecular weight is 333 g/mol. The Morgan fingerprint density at radius 1 is 1.17 bits per heavy atom. The molecule has 1 saturated carbocycles. The van der Waals surface area contributed by atoms with Gasteiger partial charge in [0.15, 0.2) is 11.5 Å². The van der Waals surface area contributed by atoms with Crippen LogP contribution in [-0.4, -0.2) is 49.2 Å². The zero-order valence-electron chi connectivity index (χ0n) is 14.0. The van der Waals surface area contributed by atoms with Crippen LogP contribution in [0.15, 0.2) is 18.2 Å². The zero-order chi connectivity index (χ0) is 17.3. The van der Waals surface area contributed by atoms with E-state index in [1.54, 1.807) is 25.2 Å². The molecule has 6 nitrogen and oxygen atoms in total. The molecule has 2 aliphatic rings. The van der Waals surface area contributed by atoms with Gasteiger partial charge in [-0.1, -0.05) is 18.6 Å². The van der Waals surface area contributed by atoms with Crippen molar-refractivity contribution in [3.8, 4) is 11.5 Å². The van der Waals surface area contributed by atoms with E-state index in [1.165, 1.54) is 0 Å². The number of carbonyl (C=O) groups excluding carboxylic acids is 1. The maximum absolute atomic E-state index is 12.5. The van der Waals surface area contributed by atoms with Crippen LogP contribution in [0.5, 0.6) is 11.5 Å². The summed E-state index contributed by atoms with van der Waals surface area (Å²) in [6.07, 6.45) is 2.92. The Morgan fingerprint density at radius 2 is 1.92 bits per heavy atom. The second-order valence-corrected chi connectivity index (χ2v) is 6.51. The maximum Gasteiger partial charge on any atom is 0.308 e. The highest BCUT2D eigenvalue weighted by atomic mass is 16.5. The quantitative estimate of drug-likeness (QED) is 0.893. The summed E-state index contributed by atoms with van der Waals surface area (Å²) in [5.41, 5.74) is 0.785. The van der Waals surface area contributed by atoms with E-state index in [4.69, 9.17) is 9.47 Å². The van der Waals surface area contributed by atoms with Gasteiger partial charge < -0.3 is 19.5 Å². The van der Waals surface area contributed by atoms with Crippen LogP contribution in [0, 0.1) is 11.8 Å². The summed E-state index contributed by atoms with van der Waals surface area (Å²) in [4.78, 5) is 26.0. The van der Waals surface area contributed by atoms with Gasteiger partial charge in [-0.25, -0.2) is 0 Å². The van der Waals surface area contributed by atoms with E-state index in [9.17, 15) is 14.7 Å². The van der Waals surface area contributed by atoms with E-state index in [1.807, 2.05) is 12.1 Å². The van der Waals surface area contributed by atoms with Crippen molar-refractivity contribution in [2.24, 2.45) is 11.8 Å². The van der Waals surface area contributed by atoms with Crippen LogP contribution in [0.1, 0.15) is 30.7 Å². The van der Waals surface area contributed by atoms with Crippen LogP contribution in [0.4, 0.5) is 0 Å². The molecule has 3 rings (SSSR count). The second-order valence-electron chi connectivity index (χ2n) is 6.51. The van der Waals surface area contributed by atoms with Crippen molar-refractivity contribution >= 4 is 11.9 Å². The number of nitrogens with zero attached hydrogens (tertiary/aromatic N) is 1. The van der Waals surface area contributed by atoms with Gasteiger partial charge in [-0.15, -0.1) is 0 Å². The van der Waals surface area contributed by atoms with E-state index in [2.05, 4.69) is 0 Å². The summed E-state index contributed by atoms with van der Waals surface area (Å²) in [5.74, 6) is -0.514. The van der Waals surface area contributed by atoms with Gasteiger partial charge in [-0.2, -0.15) is 0 Å². The Labute approximate surface area is 141 Å². The van der Waals surface area contributed by atoms with E-state index >= 15 is 0 Å². The Bertz CT molecular complexity index is 640. The minimum atomic E-state index is -0.881. The lowest BCUT2D eigenvalue weighted by atomic mass is 9.84. The molecule has 1 aromatic carbocycles. The Balaban J connectivity index is 1.90. The lowest BCUT2D eigenvalue weighted by Crippen LogP contribution is -2.37. The predicted molar refractivity (Wildman–Crippen MR) is 87.3 cm³/mol. The number of rotatable bonds is 5. The highest BCUT2D eigenvalue weighted by molar-refractivity contribution is 5.82. The monoisotopic (exact) mass is 333 g/mol. The number of carboxylic acid groups (broad SMARTS) is 1. The summed E-state index contributed by atoms with van der Waals surface area (Å²) >= 11 is 0. The van der Waals surface area contributed by atoms with Crippen molar-refractivity contribution in [1.82, 2.24) is 4.90 Å². The smallest absolute Gasteiger partial charge is 0.308 e. The molecule has 0 radical (unpaired) electrons. The molecule has 2 atom stereocenters. The highest BCUT2D eigenvalue weighted by Crippen LogP contribution is 2.42. The van der Waals surface area contributed by atoms with Gasteiger partial charge >= 0.3 is 5.97 Å². The Kier molecular flexibility index (Phi) is 4.64. The molecule has 2 fully saturated rings. The molecule has 1 aliphatic carbocycles. The zero-order valence-corrected chi connectivity index (χ0v) is 14.0. The molecule has 6 heteroatoms. The summed E-state index contributed by atoms with van der Waals surface area (Å²) in [6, 6.07) is 5.47. The van der Waals surface area contributed by atoms with Gasteiger partial charge in [0.05, 0.1) is 20.1 Å². The van der Waals surface area contributed by atoms with Crippen molar-refractivity contribution in [2.75, 3.05) is 27.3 Å². The lowest BCUT2D eigenvalue weighted by Gasteiger charge is -2.29. The van der Waals surface area contributed by atoms with Crippen LogP contribution in [0.25, 0.3) is 0 Å². The molecule has 1 saturated heterocycles. The topological polar surface area (TPSA) is 76.1 Å². The molecule has 1 N–H and O–H groups in total. The number of amides is 1. The molecule has 1 heterocycles. The van der Waals surface area contributed by atoms with Crippen LogP contribution in [-0.2, 0) is 9.59 Å². The number of para-hydroxylation sites is 1. The number of hydrogen-bond acceptors (Lipinski definition) is 4. The first kappa shape index (κ1) is 16.6. The first-order valence-corrected chi connectivity index (χ1v) is 8.29. The fourth-order valence-electron chi connectivity index (χ4n) is 3.67. The number of ether oxygens (including phenoxy) is 2. The van der Waals surface area contributed by atoms with Crippen molar-refractivity contribution in [1.29, 1.82) is 0 Å². The molecule has 0 bridgehead atoms. The SMILES string of the molecule is COc1cccc(C2CN(C(=O)C3CCC3)CC2C(=O)O)c1OC. The lowest BCUT2D eigenvalue weighted by molar-refractivity contribution is -0.142. The Hall–Kier alpha value is -2.24. The molecule has 0 aromatic heterocycles. The summed E-state index contributed by atoms with van der Waals surface area (Å²) < 4.78 is 10.8. The van der Waals surface area contributed by atoms with Crippen LogP contribution < -0.4 is 9.47 Å². The third-order valence-corrected chi connectivity index (χ3v) is 5.24. The third-order valence-electron chi connectivity index (χ3n) is 5.24. The molecule has 0 spiro atoms. The molecule has 1 aromatic rings. The minimum absolute atomic E-state index is 0.0744. The van der Waals surface area contributed by atoms with E-state index in [0.717, 1.165) is 24.8 Å². The summed E-state index contributed by atoms with van der Waals surface area (Å²) in [5, 5.41) is 9.63. The molecule has 130 valence electrons. The number of carboxylic acids is 1. The number of methoxy groups -OCH3 is 2. The van der Waals surface area contributed by atoms with Gasteiger partial charge in [0.1, 0.15) is 0 Å². The normalized spacial score (nSPS) is 23.7. The fourth-order valence-corrected chi connectivity index (χ4v) is 3.67. The fraction of sp³-hybridized carbons (Fsp3) is 0.556. The van der Waals surface area contributed by atoms with Crippen LogP contribution in [0.3, 0.4) is 0 Å². The molecular formula is C18H23NO5. The molecular weight excluding hydrogens is 310 g/mol. The second kappa shape index (κ2) is 6.71. The predicted octanol–water partition coefficient (Wildman–Crippen LogP) is 2.13. The molecule has 1 aliphatic heterocycles. The van der Waals surface area contributed by atoms with Crippen LogP contribution >= 0.6 is 0 Å². The van der Waals surface area contributed by atoms with Crippen molar-refractivity contribution in [3.63, 3.8) is 0 Å². The summed E-state index contributed by atoms with van der Waals surface area (Å²) in [6.45, 7) is 0.672. The van der Waals surface area contributed by atoms with E-state index in [-0.39, 0.29) is 24.3 Å². The molecule has 2 unspecified atom stereocenters. The van der Waals surface area contributed by atoms with Crippen molar-refractivity contribution in [2.45, 2.75) is 25.2 Å². The number of likely N-dealkylation sites (tertiary alicyclic amines) is 1. The van der Waals surface area contributed by atoms with E-state index in [0.29, 0.717) is 18.0 Å². The van der Waals surface area contributed by atoms with Gasteiger partial charge in [-0.3, -0.25) is 9.59 Å². The largest absolute Gasteiger partial charge is 0.493 e. The van der Waals surface area contributed by atoms with Gasteiger partial charge in [0.25, 0.3) is 0 Å². The van der Waals surface area contributed by atoms with Crippen molar-refractivity contribution < 1.29 is 24.2 Å². The maximum atomic E-state index is 12.5. The third kappa shape index (κ3) is 2.81. The van der Waals surface area contributed by atoms with Crippen molar-refractivity contribution in [3.05, 3.63) is 23.8 Å². The number of aliphatic carboxylic acids is 1. The standard InChI is InChI=1S/C18H23NO5/c1-23-15-8-4-7-12(16(15)24-2)13-9-19(10-14(13)18(21)22)17(20)11-5-3-6-11/h4,7-8,11,13-14H,3,5-6,9-10H2,1-2H3,(H,21,22). The average Bonchev–Trinajstić information content (AvgIpc) is 2.97.